The summed E-state index contributed by atoms with van der Waals surface area (Å²) in [5.74, 6) is -1.92. The average Bonchev–Trinajstić information content (AvgIpc) is 2.34. The molecule has 0 radical (unpaired) electrons. The van der Waals surface area contributed by atoms with E-state index in [0.717, 1.165) is 13.1 Å². The van der Waals surface area contributed by atoms with Crippen LogP contribution >= 0.6 is 0 Å². The maximum absolute atomic E-state index is 12.3. The molecule has 0 bridgehead atoms. The first-order chi connectivity index (χ1) is 9.60. The first-order valence-corrected chi connectivity index (χ1v) is 5.94. The third kappa shape index (κ3) is 5.29. The second-order valence-electron chi connectivity index (χ2n) is 4.52. The summed E-state index contributed by atoms with van der Waals surface area (Å²) in [6.07, 6.45) is -2.32. The van der Waals surface area contributed by atoms with Crippen LogP contribution in [0, 0.1) is 6.92 Å². The van der Waals surface area contributed by atoms with E-state index in [1.807, 2.05) is 0 Å². The van der Waals surface area contributed by atoms with Crippen molar-refractivity contribution < 1.29 is 27.9 Å². The van der Waals surface area contributed by atoms with E-state index < -0.39 is 24.6 Å². The molecule has 4 nitrogen and oxygen atoms in total. The van der Waals surface area contributed by atoms with Gasteiger partial charge in [0.15, 0.2) is 0 Å². The molecule has 0 saturated carbocycles. The van der Waals surface area contributed by atoms with Gasteiger partial charge >= 0.3 is 12.1 Å². The smallest absolute Gasteiger partial charge is 0.406 e. The Hall–Kier alpha value is -2.31. The minimum Gasteiger partial charge on any atom is -0.478 e. The molecule has 0 spiro atoms. The van der Waals surface area contributed by atoms with Crippen molar-refractivity contribution in [2.45, 2.75) is 13.1 Å². The molecular weight excluding hydrogens is 287 g/mol. The Kier molecular flexibility index (Phi) is 5.12. The highest BCUT2D eigenvalue weighted by Crippen LogP contribution is 2.19. The molecule has 0 aliphatic rings. The van der Waals surface area contributed by atoms with Crippen molar-refractivity contribution in [1.82, 2.24) is 4.90 Å². The van der Waals surface area contributed by atoms with Gasteiger partial charge in [-0.1, -0.05) is 12.1 Å². The lowest BCUT2D eigenvalue weighted by Crippen LogP contribution is -2.36. The van der Waals surface area contributed by atoms with Gasteiger partial charge in [0.2, 0.25) is 0 Å². The lowest BCUT2D eigenvalue weighted by atomic mass is 10.0. The number of hydrogen-bond donors (Lipinski definition) is 1. The lowest BCUT2D eigenvalue weighted by molar-refractivity contribution is -0.138. The highest BCUT2D eigenvalue weighted by molar-refractivity contribution is 5.96. The van der Waals surface area contributed by atoms with E-state index in [2.05, 4.69) is 0 Å². The molecule has 7 heteroatoms. The van der Waals surface area contributed by atoms with Gasteiger partial charge in [-0.3, -0.25) is 4.79 Å². The number of benzene rings is 1. The van der Waals surface area contributed by atoms with E-state index in [1.165, 1.54) is 12.1 Å². The molecule has 0 aliphatic heterocycles. The molecule has 1 aromatic rings. The fraction of sp³-hybridized carbons (Fsp3) is 0.286. The van der Waals surface area contributed by atoms with Crippen LogP contribution in [-0.4, -0.2) is 41.7 Å². The summed E-state index contributed by atoms with van der Waals surface area (Å²) in [5.41, 5.74) is 1.04. The lowest BCUT2D eigenvalue weighted by Gasteiger charge is -2.20. The standard InChI is InChI=1S/C14H14F3NO3/c1-9-3-4-10(5-6-12(19)20)7-11(9)13(21)18(2)8-14(15,16)17/h3-7H,8H2,1-2H3,(H,19,20). The number of carbonyl (C=O) groups excluding carboxylic acids is 1. The number of halogens is 3. The Morgan fingerprint density at radius 1 is 1.33 bits per heavy atom. The molecule has 114 valence electrons. The average molecular weight is 301 g/mol. The Morgan fingerprint density at radius 2 is 1.95 bits per heavy atom. The summed E-state index contributed by atoms with van der Waals surface area (Å²) in [6, 6.07) is 4.50. The van der Waals surface area contributed by atoms with Gasteiger partial charge in [-0.25, -0.2) is 4.79 Å². The molecule has 0 fully saturated rings. The van der Waals surface area contributed by atoms with Crippen LogP contribution in [-0.2, 0) is 4.79 Å². The topological polar surface area (TPSA) is 57.6 Å². The quantitative estimate of drug-likeness (QED) is 0.870. The van der Waals surface area contributed by atoms with E-state index in [0.29, 0.717) is 16.0 Å². The Balaban J connectivity index is 3.03. The van der Waals surface area contributed by atoms with Crippen molar-refractivity contribution in [2.75, 3.05) is 13.6 Å². The zero-order chi connectivity index (χ0) is 16.2. The van der Waals surface area contributed by atoms with Gasteiger partial charge in [-0.05, 0) is 30.2 Å². The van der Waals surface area contributed by atoms with Crippen LogP contribution in [0.4, 0.5) is 13.2 Å². The third-order valence-corrected chi connectivity index (χ3v) is 2.67. The number of aliphatic carboxylic acids is 1. The molecule has 0 unspecified atom stereocenters. The predicted octanol–water partition coefficient (Wildman–Crippen LogP) is 2.73. The number of nitrogens with zero attached hydrogens (tertiary/aromatic N) is 1. The predicted molar refractivity (Wildman–Crippen MR) is 70.9 cm³/mol. The summed E-state index contributed by atoms with van der Waals surface area (Å²) in [4.78, 5) is 23.0. The van der Waals surface area contributed by atoms with Gasteiger partial charge in [-0.15, -0.1) is 0 Å². The molecule has 0 heterocycles. The second-order valence-corrected chi connectivity index (χ2v) is 4.52. The Bertz CT molecular complexity index is 579. The van der Waals surface area contributed by atoms with Crippen molar-refractivity contribution in [2.24, 2.45) is 0 Å². The number of carbonyl (C=O) groups is 2. The van der Waals surface area contributed by atoms with Crippen molar-refractivity contribution in [3.05, 3.63) is 41.0 Å². The van der Waals surface area contributed by atoms with Crippen molar-refractivity contribution >= 4 is 18.0 Å². The van der Waals surface area contributed by atoms with Crippen LogP contribution in [0.2, 0.25) is 0 Å². The minimum atomic E-state index is -4.47. The van der Waals surface area contributed by atoms with Crippen molar-refractivity contribution in [3.63, 3.8) is 0 Å². The zero-order valence-corrected chi connectivity index (χ0v) is 11.4. The van der Waals surface area contributed by atoms with Gasteiger partial charge in [0.25, 0.3) is 5.91 Å². The number of amides is 1. The zero-order valence-electron chi connectivity index (χ0n) is 11.4. The summed E-state index contributed by atoms with van der Waals surface area (Å²) in [5, 5.41) is 8.54. The maximum Gasteiger partial charge on any atom is 0.406 e. The number of carboxylic acid groups (broad SMARTS) is 1. The van der Waals surface area contributed by atoms with E-state index >= 15 is 0 Å². The molecule has 21 heavy (non-hydrogen) atoms. The van der Waals surface area contributed by atoms with Crippen LogP contribution in [0.5, 0.6) is 0 Å². The molecule has 0 atom stereocenters. The third-order valence-electron chi connectivity index (χ3n) is 2.67. The Morgan fingerprint density at radius 3 is 2.48 bits per heavy atom. The Labute approximate surface area is 119 Å². The highest BCUT2D eigenvalue weighted by Gasteiger charge is 2.31. The minimum absolute atomic E-state index is 0.106. The fourth-order valence-corrected chi connectivity index (χ4v) is 1.69. The monoisotopic (exact) mass is 301 g/mol. The number of carboxylic acids is 1. The molecule has 0 saturated heterocycles. The maximum atomic E-state index is 12.3. The molecule has 1 aromatic carbocycles. The SMILES string of the molecule is Cc1ccc(C=CC(=O)O)cc1C(=O)N(C)CC(F)(F)F. The largest absolute Gasteiger partial charge is 0.478 e. The number of rotatable bonds is 4. The molecular formula is C14H14F3NO3. The summed E-state index contributed by atoms with van der Waals surface area (Å²) >= 11 is 0. The molecule has 0 aliphatic carbocycles. The molecule has 0 aromatic heterocycles. The number of alkyl halides is 3. The van der Waals surface area contributed by atoms with Gasteiger partial charge in [0.05, 0.1) is 0 Å². The summed E-state index contributed by atoms with van der Waals surface area (Å²) < 4.78 is 36.9. The number of aryl methyl sites for hydroxylation is 1. The molecule has 1 rings (SSSR count). The second kappa shape index (κ2) is 6.43. The van der Waals surface area contributed by atoms with Gasteiger partial charge in [0, 0.05) is 18.7 Å². The number of hydrogen-bond acceptors (Lipinski definition) is 2. The van der Waals surface area contributed by atoms with Crippen molar-refractivity contribution in [1.29, 1.82) is 0 Å². The summed E-state index contributed by atoms with van der Waals surface area (Å²) in [7, 11) is 1.06. The van der Waals surface area contributed by atoms with E-state index in [4.69, 9.17) is 5.11 Å². The van der Waals surface area contributed by atoms with Gasteiger partial charge in [-0.2, -0.15) is 13.2 Å². The van der Waals surface area contributed by atoms with Crippen LogP contribution in [0.3, 0.4) is 0 Å². The highest BCUT2D eigenvalue weighted by atomic mass is 19.4. The van der Waals surface area contributed by atoms with E-state index in [9.17, 15) is 22.8 Å². The normalized spacial score (nSPS) is 11.7. The van der Waals surface area contributed by atoms with Crippen LogP contribution in [0.25, 0.3) is 6.08 Å². The summed E-state index contributed by atoms with van der Waals surface area (Å²) in [6.45, 7) is 0.250. The first kappa shape index (κ1) is 16.7. The first-order valence-electron chi connectivity index (χ1n) is 5.94. The fourth-order valence-electron chi connectivity index (χ4n) is 1.69. The van der Waals surface area contributed by atoms with Gasteiger partial charge in [0.1, 0.15) is 6.54 Å². The van der Waals surface area contributed by atoms with E-state index in [1.54, 1.807) is 19.1 Å². The molecule has 1 amide bonds. The van der Waals surface area contributed by atoms with Crippen LogP contribution < -0.4 is 0 Å². The van der Waals surface area contributed by atoms with Crippen LogP contribution in [0.15, 0.2) is 24.3 Å². The van der Waals surface area contributed by atoms with E-state index in [-0.39, 0.29) is 5.56 Å². The molecule has 1 N–H and O–H groups in total. The van der Waals surface area contributed by atoms with Crippen molar-refractivity contribution in [3.8, 4) is 0 Å². The van der Waals surface area contributed by atoms with Crippen LogP contribution in [0.1, 0.15) is 21.5 Å². The van der Waals surface area contributed by atoms with Gasteiger partial charge < -0.3 is 10.0 Å².